The molecule has 0 aromatic heterocycles. The summed E-state index contributed by atoms with van der Waals surface area (Å²) < 4.78 is 5.14. The molecule has 0 fully saturated rings. The van der Waals surface area contributed by atoms with Gasteiger partial charge in [-0.15, -0.1) is 0 Å². The van der Waals surface area contributed by atoms with Crippen molar-refractivity contribution in [3.8, 4) is 5.75 Å². The number of carbonyl (C=O) groups excluding carboxylic acids is 1. The first-order valence-corrected chi connectivity index (χ1v) is 5.68. The molecule has 1 aromatic rings. The van der Waals surface area contributed by atoms with E-state index in [-0.39, 0.29) is 12.4 Å². The minimum absolute atomic E-state index is 0.0497. The molecule has 1 aromatic carbocycles. The lowest BCUT2D eigenvalue weighted by molar-refractivity contribution is 0.0990. The van der Waals surface area contributed by atoms with Crippen LogP contribution in [0.4, 0.5) is 0 Å². The fraction of sp³-hybridized carbons (Fsp3) is 0.462. The Morgan fingerprint density at radius 1 is 1.47 bits per heavy atom. The third-order valence-electron chi connectivity index (χ3n) is 2.51. The Morgan fingerprint density at radius 2 is 2.24 bits per heavy atom. The predicted molar refractivity (Wildman–Crippen MR) is 66.6 cm³/mol. The van der Waals surface area contributed by atoms with Gasteiger partial charge in [-0.05, 0) is 43.7 Å². The van der Waals surface area contributed by atoms with Crippen LogP contribution < -0.4 is 10.1 Å². The number of rotatable bonds is 7. The van der Waals surface area contributed by atoms with Crippen LogP contribution in [0.15, 0.2) is 18.2 Å². The Labute approximate surface area is 102 Å². The Morgan fingerprint density at radius 3 is 2.82 bits per heavy atom. The lowest BCUT2D eigenvalue weighted by atomic mass is 10.1. The summed E-state index contributed by atoms with van der Waals surface area (Å²) in [4.78, 5) is 11.8. The minimum Gasteiger partial charge on any atom is -0.496 e. The van der Waals surface area contributed by atoms with Crippen molar-refractivity contribution in [3.05, 3.63) is 29.3 Å². The van der Waals surface area contributed by atoms with Gasteiger partial charge >= 0.3 is 0 Å². The van der Waals surface area contributed by atoms with E-state index in [4.69, 9.17) is 9.84 Å². The van der Waals surface area contributed by atoms with Crippen molar-refractivity contribution in [1.82, 2.24) is 5.32 Å². The summed E-state index contributed by atoms with van der Waals surface area (Å²) in [5, 5.41) is 11.6. The molecule has 0 aliphatic carbocycles. The third kappa shape index (κ3) is 4.17. The van der Waals surface area contributed by atoms with Gasteiger partial charge in [-0.25, -0.2) is 0 Å². The summed E-state index contributed by atoms with van der Waals surface area (Å²) in [6, 6.07) is 5.40. The summed E-state index contributed by atoms with van der Waals surface area (Å²) in [6.07, 6.45) is 0.662. The SMILES string of the molecule is COc1ccc(C(=O)CNCCCO)cc1C. The number of methoxy groups -OCH3 is 1. The predicted octanol–water partition coefficient (Wildman–Crippen LogP) is 1.16. The monoisotopic (exact) mass is 237 g/mol. The topological polar surface area (TPSA) is 58.6 Å². The maximum Gasteiger partial charge on any atom is 0.176 e. The molecule has 0 aliphatic heterocycles. The molecule has 0 amide bonds. The van der Waals surface area contributed by atoms with Gasteiger partial charge in [-0.2, -0.15) is 0 Å². The zero-order chi connectivity index (χ0) is 12.7. The summed E-state index contributed by atoms with van der Waals surface area (Å²) in [6.45, 7) is 3.00. The smallest absolute Gasteiger partial charge is 0.176 e. The Balaban J connectivity index is 2.54. The largest absolute Gasteiger partial charge is 0.496 e. The van der Waals surface area contributed by atoms with Crippen LogP contribution in [0.2, 0.25) is 0 Å². The highest BCUT2D eigenvalue weighted by Crippen LogP contribution is 2.18. The molecular formula is C13H19NO3. The van der Waals surface area contributed by atoms with Gasteiger partial charge in [-0.3, -0.25) is 4.79 Å². The highest BCUT2D eigenvalue weighted by atomic mass is 16.5. The standard InChI is InChI=1S/C13H19NO3/c1-10-8-11(4-5-13(10)17-2)12(16)9-14-6-3-7-15/h4-5,8,14-15H,3,6-7,9H2,1-2H3. The Bertz CT molecular complexity index is 377. The van der Waals surface area contributed by atoms with Gasteiger partial charge < -0.3 is 15.2 Å². The van der Waals surface area contributed by atoms with E-state index in [1.807, 2.05) is 13.0 Å². The molecule has 0 saturated carbocycles. The molecular weight excluding hydrogens is 218 g/mol. The van der Waals surface area contributed by atoms with Crippen LogP contribution in [-0.4, -0.2) is 37.7 Å². The normalized spacial score (nSPS) is 10.3. The number of hydrogen-bond acceptors (Lipinski definition) is 4. The van der Waals surface area contributed by atoms with E-state index in [2.05, 4.69) is 5.32 Å². The van der Waals surface area contributed by atoms with Crippen molar-refractivity contribution < 1.29 is 14.6 Å². The zero-order valence-corrected chi connectivity index (χ0v) is 10.3. The molecule has 0 radical (unpaired) electrons. The van der Waals surface area contributed by atoms with E-state index in [0.29, 0.717) is 25.1 Å². The van der Waals surface area contributed by atoms with Crippen molar-refractivity contribution in [2.75, 3.05) is 26.8 Å². The molecule has 0 unspecified atom stereocenters. The van der Waals surface area contributed by atoms with Crippen molar-refractivity contribution in [3.63, 3.8) is 0 Å². The van der Waals surface area contributed by atoms with Crippen LogP contribution >= 0.6 is 0 Å². The molecule has 94 valence electrons. The number of aliphatic hydroxyl groups is 1. The zero-order valence-electron chi connectivity index (χ0n) is 10.3. The van der Waals surface area contributed by atoms with Crippen LogP contribution in [0.1, 0.15) is 22.3 Å². The van der Waals surface area contributed by atoms with Gasteiger partial charge in [0, 0.05) is 12.2 Å². The fourth-order valence-electron chi connectivity index (χ4n) is 1.56. The summed E-state index contributed by atoms with van der Waals surface area (Å²) in [5.74, 6) is 0.837. The lowest BCUT2D eigenvalue weighted by Crippen LogP contribution is -2.24. The second-order valence-electron chi connectivity index (χ2n) is 3.86. The number of aliphatic hydroxyl groups excluding tert-OH is 1. The maximum atomic E-state index is 11.8. The van der Waals surface area contributed by atoms with Crippen molar-refractivity contribution in [1.29, 1.82) is 0 Å². The van der Waals surface area contributed by atoms with Crippen LogP contribution in [0.25, 0.3) is 0 Å². The lowest BCUT2D eigenvalue weighted by Gasteiger charge is -2.07. The van der Waals surface area contributed by atoms with E-state index in [1.165, 1.54) is 0 Å². The van der Waals surface area contributed by atoms with Gasteiger partial charge in [0.25, 0.3) is 0 Å². The number of hydrogen-bond donors (Lipinski definition) is 2. The number of carbonyl (C=O) groups is 1. The van der Waals surface area contributed by atoms with Crippen molar-refractivity contribution in [2.24, 2.45) is 0 Å². The van der Waals surface area contributed by atoms with Gasteiger partial charge in [0.05, 0.1) is 13.7 Å². The van der Waals surface area contributed by atoms with E-state index in [1.54, 1.807) is 19.2 Å². The molecule has 4 nitrogen and oxygen atoms in total. The van der Waals surface area contributed by atoms with Gasteiger partial charge in [-0.1, -0.05) is 0 Å². The van der Waals surface area contributed by atoms with Gasteiger partial charge in [0.2, 0.25) is 0 Å². The van der Waals surface area contributed by atoms with Crippen LogP contribution in [-0.2, 0) is 0 Å². The fourth-order valence-corrected chi connectivity index (χ4v) is 1.56. The van der Waals surface area contributed by atoms with Crippen LogP contribution in [0, 0.1) is 6.92 Å². The molecule has 0 saturated heterocycles. The highest BCUT2D eigenvalue weighted by molar-refractivity contribution is 5.97. The van der Waals surface area contributed by atoms with Crippen molar-refractivity contribution in [2.45, 2.75) is 13.3 Å². The number of nitrogens with one attached hydrogen (secondary N) is 1. The van der Waals surface area contributed by atoms with E-state index in [9.17, 15) is 4.79 Å². The quantitative estimate of drug-likeness (QED) is 0.552. The molecule has 0 heterocycles. The first-order chi connectivity index (χ1) is 8.19. The molecule has 17 heavy (non-hydrogen) atoms. The van der Waals surface area contributed by atoms with E-state index >= 15 is 0 Å². The van der Waals surface area contributed by atoms with Gasteiger partial charge in [0.1, 0.15) is 5.75 Å². The summed E-state index contributed by atoms with van der Waals surface area (Å²) in [7, 11) is 1.61. The van der Waals surface area contributed by atoms with E-state index in [0.717, 1.165) is 11.3 Å². The number of benzene rings is 1. The first-order valence-electron chi connectivity index (χ1n) is 5.68. The number of ketones is 1. The Hall–Kier alpha value is -1.39. The van der Waals surface area contributed by atoms with Gasteiger partial charge in [0.15, 0.2) is 5.78 Å². The molecule has 1 rings (SSSR count). The molecule has 0 spiro atoms. The second kappa shape index (κ2) is 7.04. The first kappa shape index (κ1) is 13.7. The van der Waals surface area contributed by atoms with E-state index < -0.39 is 0 Å². The molecule has 0 aliphatic rings. The summed E-state index contributed by atoms with van der Waals surface area (Å²) in [5.41, 5.74) is 1.63. The average Bonchev–Trinajstić information content (AvgIpc) is 2.34. The second-order valence-corrected chi connectivity index (χ2v) is 3.86. The van der Waals surface area contributed by atoms with Crippen LogP contribution in [0.5, 0.6) is 5.75 Å². The molecule has 0 atom stereocenters. The Kier molecular flexibility index (Phi) is 5.66. The number of ether oxygens (including phenoxy) is 1. The highest BCUT2D eigenvalue weighted by Gasteiger charge is 2.07. The molecule has 2 N–H and O–H groups in total. The number of Topliss-reactive ketones (excluding diaryl/α,β-unsaturated/α-hetero) is 1. The average molecular weight is 237 g/mol. The number of aryl methyl sites for hydroxylation is 1. The minimum atomic E-state index is 0.0497. The molecule has 4 heteroatoms. The summed E-state index contributed by atoms with van der Waals surface area (Å²) >= 11 is 0. The third-order valence-corrected chi connectivity index (χ3v) is 2.51. The van der Waals surface area contributed by atoms with Crippen LogP contribution in [0.3, 0.4) is 0 Å². The van der Waals surface area contributed by atoms with Crippen molar-refractivity contribution >= 4 is 5.78 Å². The molecule has 0 bridgehead atoms. The maximum absolute atomic E-state index is 11.8.